The smallest absolute Gasteiger partial charge is 0.279 e. The van der Waals surface area contributed by atoms with Crippen molar-refractivity contribution in [1.29, 1.82) is 0 Å². The summed E-state index contributed by atoms with van der Waals surface area (Å²) < 4.78 is 6.36. The molecule has 0 amide bonds. The number of H-pyrrole nitrogens is 1. The molecule has 0 saturated carbocycles. The van der Waals surface area contributed by atoms with Gasteiger partial charge in [-0.1, -0.05) is 64.1 Å². The largest absolute Gasteiger partial charge is 0.376 e. The molecule has 3 aromatic rings. The molecule has 4 rings (SSSR count). The second kappa shape index (κ2) is 10.1. The lowest BCUT2D eigenvalue weighted by Crippen LogP contribution is -2.45. The first-order valence-electron chi connectivity index (χ1n) is 11.7. The summed E-state index contributed by atoms with van der Waals surface area (Å²) in [4.78, 5) is 26.8. The van der Waals surface area contributed by atoms with Crippen molar-refractivity contribution < 1.29 is 4.74 Å². The number of ether oxygens (including phenoxy) is 1. The van der Waals surface area contributed by atoms with Crippen LogP contribution in [0.2, 0.25) is 5.02 Å². The van der Waals surface area contributed by atoms with E-state index in [-0.39, 0.29) is 11.7 Å². The zero-order valence-corrected chi connectivity index (χ0v) is 20.9. The van der Waals surface area contributed by atoms with Crippen LogP contribution in [0.5, 0.6) is 0 Å². The maximum atomic E-state index is 12.8. The van der Waals surface area contributed by atoms with E-state index in [2.05, 4.69) is 67.4 Å². The molecule has 1 aromatic heterocycles. The topological polar surface area (TPSA) is 70.6 Å². The average molecular weight is 479 g/mol. The zero-order chi connectivity index (χ0) is 24.4. The first-order valence-corrected chi connectivity index (χ1v) is 12.0. The molecule has 0 spiro atoms. The van der Waals surface area contributed by atoms with Crippen molar-refractivity contribution in [1.82, 2.24) is 9.97 Å². The van der Waals surface area contributed by atoms with Crippen molar-refractivity contribution in [3.63, 3.8) is 0 Å². The van der Waals surface area contributed by atoms with Crippen molar-refractivity contribution >= 4 is 35.4 Å². The minimum absolute atomic E-state index is 0.137. The van der Waals surface area contributed by atoms with Gasteiger partial charge >= 0.3 is 0 Å². The second-order valence-electron chi connectivity index (χ2n) is 9.49. The standard InChI is InChI=1S/C27H31ClN4O2/c1-16(2)15-34-22(12-19-6-9-21(28)10-7-19)14-32-24-11-8-20(17(3)4)13-23(24)31-25-26(32)29-18(5)30-27(25)33/h6-11,13,16-17,22H,5,12,14-15H2,1-4H3,(H,30,33). The second-order valence-corrected chi connectivity index (χ2v) is 9.93. The minimum Gasteiger partial charge on any atom is -0.376 e. The van der Waals surface area contributed by atoms with Crippen LogP contribution < -0.4 is 21.3 Å². The molecule has 2 heterocycles. The highest BCUT2D eigenvalue weighted by Gasteiger charge is 2.26. The number of rotatable bonds is 8. The third kappa shape index (κ3) is 5.40. The molecule has 2 aromatic carbocycles. The number of nitrogens with one attached hydrogen (secondary N) is 1. The molecule has 0 aliphatic carbocycles. The quantitative estimate of drug-likeness (QED) is 0.512. The van der Waals surface area contributed by atoms with Gasteiger partial charge in [0.25, 0.3) is 5.56 Å². The Labute approximate surface area is 205 Å². The van der Waals surface area contributed by atoms with Crippen LogP contribution >= 0.6 is 11.6 Å². The van der Waals surface area contributed by atoms with E-state index in [0.29, 0.717) is 53.1 Å². The lowest BCUT2D eigenvalue weighted by atomic mass is 10.0. The molecule has 1 aliphatic rings. The summed E-state index contributed by atoms with van der Waals surface area (Å²) >= 11 is 6.09. The highest BCUT2D eigenvalue weighted by Crippen LogP contribution is 2.37. The normalized spacial score (nSPS) is 13.6. The zero-order valence-electron chi connectivity index (χ0n) is 20.1. The van der Waals surface area contributed by atoms with Gasteiger partial charge in [-0.2, -0.15) is 0 Å². The molecule has 1 unspecified atom stereocenters. The molecule has 0 fully saturated rings. The molecule has 1 N–H and O–H groups in total. The number of halogens is 1. The van der Waals surface area contributed by atoms with Crippen molar-refractivity contribution in [2.75, 3.05) is 18.1 Å². The summed E-state index contributed by atoms with van der Waals surface area (Å²) in [7, 11) is 0. The molecular formula is C27H31ClN4O2. The number of nitrogens with zero attached hydrogens (tertiary/aromatic N) is 3. The predicted molar refractivity (Wildman–Crippen MR) is 138 cm³/mol. The van der Waals surface area contributed by atoms with Gasteiger partial charge in [-0.3, -0.25) is 4.79 Å². The van der Waals surface area contributed by atoms with Gasteiger partial charge < -0.3 is 14.6 Å². The molecule has 178 valence electrons. The fourth-order valence-corrected chi connectivity index (χ4v) is 4.14. The average Bonchev–Trinajstić information content (AvgIpc) is 2.78. The summed E-state index contributed by atoms with van der Waals surface area (Å²) in [6.45, 7) is 13.5. The van der Waals surface area contributed by atoms with E-state index in [1.54, 1.807) is 0 Å². The van der Waals surface area contributed by atoms with E-state index in [1.807, 2.05) is 29.2 Å². The number of aromatic nitrogens is 2. The van der Waals surface area contributed by atoms with Crippen molar-refractivity contribution in [2.24, 2.45) is 10.9 Å². The van der Waals surface area contributed by atoms with E-state index in [1.165, 1.54) is 0 Å². The van der Waals surface area contributed by atoms with Crippen LogP contribution in [0.25, 0.3) is 6.58 Å². The van der Waals surface area contributed by atoms with Crippen LogP contribution in [0.3, 0.4) is 0 Å². The van der Waals surface area contributed by atoms with Crippen molar-refractivity contribution in [3.05, 3.63) is 79.8 Å². The molecule has 0 saturated heterocycles. The maximum Gasteiger partial charge on any atom is 0.279 e. The fraction of sp³-hybridized carbons (Fsp3) is 0.370. The number of hydrogen-bond acceptors (Lipinski definition) is 5. The predicted octanol–water partition coefficient (Wildman–Crippen LogP) is 4.64. The van der Waals surface area contributed by atoms with E-state index in [0.717, 1.165) is 22.5 Å². The van der Waals surface area contributed by atoms with E-state index < -0.39 is 0 Å². The Morgan fingerprint density at radius 1 is 1.12 bits per heavy atom. The first-order chi connectivity index (χ1) is 16.2. The van der Waals surface area contributed by atoms with Gasteiger partial charge in [-0.15, -0.1) is 0 Å². The highest BCUT2D eigenvalue weighted by atomic mass is 35.5. The van der Waals surface area contributed by atoms with Gasteiger partial charge in [0, 0.05) is 18.1 Å². The number of benzene rings is 2. The van der Waals surface area contributed by atoms with Crippen molar-refractivity contribution in [3.8, 4) is 0 Å². The SMILES string of the molecule is C=c1nc2c(c(=O)[nH]1)=Nc1cc(C(C)C)ccc1N2CC(Cc1ccc(Cl)cc1)OCC(C)C. The Balaban J connectivity index is 1.77. The van der Waals surface area contributed by atoms with Crippen LogP contribution in [0, 0.1) is 5.92 Å². The van der Waals surface area contributed by atoms with Crippen LogP contribution in [0.1, 0.15) is 44.7 Å². The number of aromatic amines is 1. The van der Waals surface area contributed by atoms with Crippen LogP contribution in [0.4, 0.5) is 17.2 Å². The molecular weight excluding hydrogens is 448 g/mol. The van der Waals surface area contributed by atoms with E-state index >= 15 is 0 Å². The Morgan fingerprint density at radius 2 is 1.85 bits per heavy atom. The summed E-state index contributed by atoms with van der Waals surface area (Å²) in [5, 5.41) is 1.01. The van der Waals surface area contributed by atoms with Gasteiger partial charge in [0.15, 0.2) is 11.2 Å². The Morgan fingerprint density at radius 3 is 2.53 bits per heavy atom. The molecule has 7 heteroatoms. The number of fused-ring (bicyclic) bond motifs is 2. The summed E-state index contributed by atoms with van der Waals surface area (Å²) in [5.41, 5.74) is 3.98. The van der Waals surface area contributed by atoms with Gasteiger partial charge in [0.1, 0.15) is 5.48 Å². The highest BCUT2D eigenvalue weighted by molar-refractivity contribution is 6.30. The van der Waals surface area contributed by atoms with E-state index in [4.69, 9.17) is 16.3 Å². The Bertz CT molecular complexity index is 1330. The third-order valence-corrected chi connectivity index (χ3v) is 6.05. The van der Waals surface area contributed by atoms with Crippen molar-refractivity contribution in [2.45, 2.75) is 46.1 Å². The Hall–Kier alpha value is -2.96. The monoisotopic (exact) mass is 478 g/mol. The first kappa shape index (κ1) is 24.2. The molecule has 6 nitrogen and oxygen atoms in total. The minimum atomic E-state index is -0.294. The van der Waals surface area contributed by atoms with Crippen LogP contribution in [0.15, 0.2) is 52.3 Å². The van der Waals surface area contributed by atoms with Crippen LogP contribution in [-0.2, 0) is 11.2 Å². The molecule has 1 aliphatic heterocycles. The maximum absolute atomic E-state index is 12.8. The number of hydrogen-bond donors (Lipinski definition) is 1. The van der Waals surface area contributed by atoms with Gasteiger partial charge in [0.05, 0.1) is 24.0 Å². The lowest BCUT2D eigenvalue weighted by Gasteiger charge is -2.32. The number of anilines is 2. The summed E-state index contributed by atoms with van der Waals surface area (Å²) in [6.07, 6.45) is 0.564. The van der Waals surface area contributed by atoms with Crippen LogP contribution in [-0.4, -0.2) is 29.2 Å². The molecule has 1 atom stereocenters. The van der Waals surface area contributed by atoms with Gasteiger partial charge in [-0.05, 0) is 47.2 Å². The summed E-state index contributed by atoms with van der Waals surface area (Å²) in [5.74, 6) is 1.25. The van der Waals surface area contributed by atoms with Gasteiger partial charge in [-0.25, -0.2) is 9.98 Å². The Kier molecular flexibility index (Phi) is 7.19. The third-order valence-electron chi connectivity index (χ3n) is 5.80. The van der Waals surface area contributed by atoms with Gasteiger partial charge in [0.2, 0.25) is 0 Å². The molecule has 0 bridgehead atoms. The fourth-order valence-electron chi connectivity index (χ4n) is 4.02. The van der Waals surface area contributed by atoms with E-state index in [9.17, 15) is 4.79 Å². The summed E-state index contributed by atoms with van der Waals surface area (Å²) in [6, 6.07) is 14.1. The molecule has 0 radical (unpaired) electrons. The molecule has 34 heavy (non-hydrogen) atoms. The lowest BCUT2D eigenvalue weighted by molar-refractivity contribution is 0.0416.